The fraction of sp³-hybridized carbons (Fsp3) is 0.0769. The second kappa shape index (κ2) is 4.71. The van der Waals surface area contributed by atoms with E-state index in [0.717, 1.165) is 11.3 Å². The maximum Gasteiger partial charge on any atom is 0.222 e. The van der Waals surface area contributed by atoms with E-state index in [1.165, 1.54) is 10.9 Å². The van der Waals surface area contributed by atoms with Crippen molar-refractivity contribution in [1.82, 2.24) is 14.5 Å². The normalized spacial score (nSPS) is 11.8. The highest BCUT2D eigenvalue weighted by molar-refractivity contribution is 6.56. The number of aromatic nitrogens is 3. The summed E-state index contributed by atoms with van der Waals surface area (Å²) in [6, 6.07) is 10.2. The van der Waals surface area contributed by atoms with Gasteiger partial charge in [-0.3, -0.25) is 0 Å². The van der Waals surface area contributed by atoms with E-state index in [0.29, 0.717) is 0 Å². The summed E-state index contributed by atoms with van der Waals surface area (Å²) in [4.78, 5) is 8.28. The molecule has 0 amide bonds. The third kappa shape index (κ3) is 2.24. The van der Waals surface area contributed by atoms with Gasteiger partial charge in [-0.25, -0.2) is 9.97 Å². The van der Waals surface area contributed by atoms with Gasteiger partial charge in [0.1, 0.15) is 23.5 Å². The molecule has 2 aromatic heterocycles. The number of halogens is 1. The van der Waals surface area contributed by atoms with Gasteiger partial charge < -0.3 is 4.57 Å². The standard InChI is InChI=1S/C13H13B3ClN3/c14-13(15,16)20-7-9(8-3-1-2-4-11(8)20)10-5-6-18-12(17)19-10/h1-7H,14-16H2. The van der Waals surface area contributed by atoms with Crippen molar-refractivity contribution in [3.8, 4) is 11.3 Å². The van der Waals surface area contributed by atoms with Crippen LogP contribution in [0.3, 0.4) is 0 Å². The quantitative estimate of drug-likeness (QED) is 0.496. The van der Waals surface area contributed by atoms with Crippen molar-refractivity contribution in [1.29, 1.82) is 0 Å². The number of para-hydroxylation sites is 1. The van der Waals surface area contributed by atoms with Crippen LogP contribution in [0.15, 0.2) is 42.7 Å². The number of hydrogen-bond donors (Lipinski definition) is 0. The van der Waals surface area contributed by atoms with Gasteiger partial charge in [-0.2, -0.15) is 0 Å². The van der Waals surface area contributed by atoms with Gasteiger partial charge in [0.15, 0.2) is 0 Å². The molecule has 0 fully saturated rings. The van der Waals surface area contributed by atoms with E-state index in [-0.39, 0.29) is 10.5 Å². The Hall–Kier alpha value is -1.68. The van der Waals surface area contributed by atoms with Crippen molar-refractivity contribution in [3.05, 3.63) is 48.0 Å². The molecule has 0 atom stereocenters. The van der Waals surface area contributed by atoms with Crippen molar-refractivity contribution < 1.29 is 0 Å². The molecule has 1 aromatic carbocycles. The molecule has 2 heterocycles. The van der Waals surface area contributed by atoms with Gasteiger partial charge in [-0.15, -0.1) is 0 Å². The zero-order valence-electron chi connectivity index (χ0n) is 11.8. The van der Waals surface area contributed by atoms with Gasteiger partial charge in [0.25, 0.3) is 0 Å². The van der Waals surface area contributed by atoms with Gasteiger partial charge in [0.05, 0.1) is 5.69 Å². The van der Waals surface area contributed by atoms with E-state index in [1.807, 2.05) is 12.1 Å². The van der Waals surface area contributed by atoms with Crippen LogP contribution in [0, 0.1) is 0 Å². The van der Waals surface area contributed by atoms with Crippen LogP contribution in [0.2, 0.25) is 5.28 Å². The molecule has 0 saturated heterocycles. The molecule has 96 valence electrons. The van der Waals surface area contributed by atoms with Crippen molar-refractivity contribution in [2.75, 3.05) is 0 Å². The van der Waals surface area contributed by atoms with Crippen LogP contribution in [0.4, 0.5) is 0 Å². The average molecular weight is 279 g/mol. The second-order valence-corrected chi connectivity index (χ2v) is 6.15. The Morgan fingerprint density at radius 3 is 2.55 bits per heavy atom. The lowest BCUT2D eigenvalue weighted by Crippen LogP contribution is -2.34. The second-order valence-electron chi connectivity index (χ2n) is 5.81. The summed E-state index contributed by atoms with van der Waals surface area (Å²) in [6.45, 7) is 0. The third-order valence-electron chi connectivity index (χ3n) is 3.34. The Balaban J connectivity index is 2.32. The Bertz CT molecular complexity index is 780. The van der Waals surface area contributed by atoms with Gasteiger partial charge >= 0.3 is 0 Å². The highest BCUT2D eigenvalue weighted by atomic mass is 35.5. The summed E-state index contributed by atoms with van der Waals surface area (Å²) in [7, 11) is 6.57. The number of nitrogens with zero attached hydrogens (tertiary/aromatic N) is 3. The molecular formula is C13H13B3ClN3. The predicted octanol–water partition coefficient (Wildman–Crippen LogP) is 0.219. The summed E-state index contributed by atoms with van der Waals surface area (Å²) in [5, 5.41) is 1.46. The maximum absolute atomic E-state index is 5.91. The zero-order valence-corrected chi connectivity index (χ0v) is 12.5. The molecule has 7 heteroatoms. The fourth-order valence-corrected chi connectivity index (χ4v) is 2.57. The summed E-state index contributed by atoms with van der Waals surface area (Å²) in [5.41, 5.74) is 3.13. The molecular weight excluding hydrogens is 266 g/mol. The van der Waals surface area contributed by atoms with Crippen LogP contribution < -0.4 is 0 Å². The van der Waals surface area contributed by atoms with Gasteiger partial charge in [-0.1, -0.05) is 18.2 Å². The van der Waals surface area contributed by atoms with Crippen LogP contribution in [0.5, 0.6) is 0 Å². The van der Waals surface area contributed by atoms with Crippen molar-refractivity contribution in [2.45, 2.75) is 5.24 Å². The molecule has 3 rings (SSSR count). The van der Waals surface area contributed by atoms with E-state index in [2.05, 4.69) is 62.5 Å². The van der Waals surface area contributed by atoms with Crippen molar-refractivity contribution >= 4 is 46.0 Å². The Morgan fingerprint density at radius 2 is 1.85 bits per heavy atom. The lowest BCUT2D eigenvalue weighted by molar-refractivity contribution is 0.824. The number of fused-ring (bicyclic) bond motifs is 1. The Labute approximate surface area is 125 Å². The van der Waals surface area contributed by atoms with Gasteiger partial charge in [0.2, 0.25) is 5.28 Å². The highest BCUT2D eigenvalue weighted by Gasteiger charge is 2.19. The lowest BCUT2D eigenvalue weighted by Gasteiger charge is -2.22. The van der Waals surface area contributed by atoms with E-state index < -0.39 is 0 Å². The van der Waals surface area contributed by atoms with E-state index in [9.17, 15) is 0 Å². The maximum atomic E-state index is 5.91. The van der Waals surface area contributed by atoms with E-state index in [1.54, 1.807) is 6.20 Å². The topological polar surface area (TPSA) is 30.7 Å². The Morgan fingerprint density at radius 1 is 1.10 bits per heavy atom. The summed E-state index contributed by atoms with van der Waals surface area (Å²) in [5.74, 6) is 0. The molecule has 0 spiro atoms. The minimum absolute atomic E-state index is 0.00861. The molecule has 20 heavy (non-hydrogen) atoms. The molecule has 0 aliphatic rings. The molecule has 3 aromatic rings. The third-order valence-corrected chi connectivity index (χ3v) is 3.52. The largest absolute Gasteiger partial charge is 0.365 e. The van der Waals surface area contributed by atoms with Crippen molar-refractivity contribution in [2.24, 2.45) is 0 Å². The molecule has 0 aliphatic carbocycles. The lowest BCUT2D eigenvalue weighted by atomic mass is 9.49. The van der Waals surface area contributed by atoms with Crippen LogP contribution >= 0.6 is 11.6 Å². The number of hydrogen-bond acceptors (Lipinski definition) is 2. The number of benzene rings is 1. The first-order valence-corrected chi connectivity index (χ1v) is 6.94. The SMILES string of the molecule is BC(B)(B)n1cc(-c2ccnc(Cl)n2)c2ccccc21. The molecule has 0 N–H and O–H groups in total. The molecule has 0 aliphatic heterocycles. The first-order valence-electron chi connectivity index (χ1n) is 6.56. The molecule has 3 nitrogen and oxygen atoms in total. The number of rotatable bonds is 2. The summed E-state index contributed by atoms with van der Waals surface area (Å²) in [6.07, 6.45) is 3.83. The van der Waals surface area contributed by atoms with Crippen LogP contribution in [0.1, 0.15) is 0 Å². The summed E-state index contributed by atoms with van der Waals surface area (Å²) < 4.78 is 2.27. The summed E-state index contributed by atoms with van der Waals surface area (Å²) >= 11 is 5.91. The fourth-order valence-electron chi connectivity index (χ4n) is 2.42. The highest BCUT2D eigenvalue weighted by Crippen LogP contribution is 2.31. The molecule has 0 unspecified atom stereocenters. The zero-order chi connectivity index (χ0) is 14.3. The van der Waals surface area contributed by atoms with Crippen molar-refractivity contribution in [3.63, 3.8) is 0 Å². The van der Waals surface area contributed by atoms with E-state index in [4.69, 9.17) is 11.6 Å². The molecule has 0 saturated carbocycles. The van der Waals surface area contributed by atoms with Gasteiger partial charge in [-0.05, 0) is 29.0 Å². The van der Waals surface area contributed by atoms with Gasteiger partial charge in [0, 0.05) is 28.9 Å². The minimum atomic E-state index is 0.00861. The van der Waals surface area contributed by atoms with Crippen LogP contribution in [-0.2, 0) is 5.24 Å². The van der Waals surface area contributed by atoms with E-state index >= 15 is 0 Å². The predicted molar refractivity (Wildman–Crippen MR) is 91.6 cm³/mol. The van der Waals surface area contributed by atoms with Crippen LogP contribution in [0.25, 0.3) is 22.2 Å². The smallest absolute Gasteiger partial charge is 0.222 e. The first-order chi connectivity index (χ1) is 9.47. The monoisotopic (exact) mass is 279 g/mol. The van der Waals surface area contributed by atoms with Crippen LogP contribution in [-0.4, -0.2) is 38.1 Å². The Kier molecular flexibility index (Phi) is 3.13. The molecule has 0 radical (unpaired) electrons. The molecule has 0 bridgehead atoms. The average Bonchev–Trinajstić information content (AvgIpc) is 2.78. The minimum Gasteiger partial charge on any atom is -0.365 e. The first kappa shape index (κ1) is 13.3.